The van der Waals surface area contributed by atoms with Crippen LogP contribution in [0.4, 0.5) is 0 Å². The smallest absolute Gasteiger partial charge is 0.223 e. The Morgan fingerprint density at radius 2 is 2.22 bits per heavy atom. The highest BCUT2D eigenvalue weighted by molar-refractivity contribution is 5.81. The largest absolute Gasteiger partial charge is 0.349 e. The Bertz CT molecular complexity index is 584. The molecular formula is C14H17N3O. The molecule has 1 aromatic heterocycles. The van der Waals surface area contributed by atoms with Crippen LogP contribution in [-0.2, 0) is 17.9 Å². The second-order valence-corrected chi connectivity index (χ2v) is 4.75. The van der Waals surface area contributed by atoms with Gasteiger partial charge in [0, 0.05) is 12.5 Å². The van der Waals surface area contributed by atoms with E-state index in [0.717, 1.165) is 36.2 Å². The van der Waals surface area contributed by atoms with E-state index in [-0.39, 0.29) is 11.8 Å². The summed E-state index contributed by atoms with van der Waals surface area (Å²) >= 11 is 0. The standard InChI is InChI=1S/C14H17N3O/c1-2-17-12-6-4-3-5-11(12)16-13(17)9-15-14(18)10-7-8-10/h3-6,10H,2,7-9H2,1H3,(H,15,18). The van der Waals surface area contributed by atoms with E-state index >= 15 is 0 Å². The highest BCUT2D eigenvalue weighted by Crippen LogP contribution is 2.28. The number of hydrogen-bond donors (Lipinski definition) is 1. The van der Waals surface area contributed by atoms with E-state index in [4.69, 9.17) is 0 Å². The van der Waals surface area contributed by atoms with Crippen LogP contribution in [0.25, 0.3) is 11.0 Å². The number of imidazole rings is 1. The zero-order valence-electron chi connectivity index (χ0n) is 10.5. The first-order valence-corrected chi connectivity index (χ1v) is 6.51. The minimum absolute atomic E-state index is 0.171. The lowest BCUT2D eigenvalue weighted by molar-refractivity contribution is -0.122. The first-order valence-electron chi connectivity index (χ1n) is 6.51. The summed E-state index contributed by atoms with van der Waals surface area (Å²) in [5.41, 5.74) is 2.13. The van der Waals surface area contributed by atoms with E-state index in [0.29, 0.717) is 6.54 Å². The minimum atomic E-state index is 0.171. The van der Waals surface area contributed by atoms with Gasteiger partial charge in [-0.1, -0.05) is 12.1 Å². The van der Waals surface area contributed by atoms with Crippen LogP contribution in [0.3, 0.4) is 0 Å². The molecule has 1 N–H and O–H groups in total. The van der Waals surface area contributed by atoms with Gasteiger partial charge in [-0.3, -0.25) is 4.79 Å². The number of carbonyl (C=O) groups is 1. The molecule has 0 radical (unpaired) electrons. The Morgan fingerprint density at radius 1 is 1.44 bits per heavy atom. The normalized spacial score (nSPS) is 14.9. The Kier molecular flexibility index (Phi) is 2.78. The fourth-order valence-electron chi connectivity index (χ4n) is 2.27. The van der Waals surface area contributed by atoms with Crippen LogP contribution in [0.5, 0.6) is 0 Å². The van der Waals surface area contributed by atoms with E-state index in [9.17, 15) is 4.79 Å². The molecule has 0 saturated heterocycles. The molecule has 0 aliphatic heterocycles. The van der Waals surface area contributed by atoms with Crippen molar-refractivity contribution in [2.75, 3.05) is 0 Å². The van der Waals surface area contributed by atoms with Gasteiger partial charge in [-0.05, 0) is 31.9 Å². The predicted molar refractivity (Wildman–Crippen MR) is 70.0 cm³/mol. The summed E-state index contributed by atoms with van der Waals surface area (Å²) in [6.07, 6.45) is 2.08. The van der Waals surface area contributed by atoms with Crippen LogP contribution in [0.1, 0.15) is 25.6 Å². The Hall–Kier alpha value is -1.84. The number of fused-ring (bicyclic) bond motifs is 1. The van der Waals surface area contributed by atoms with Crippen molar-refractivity contribution in [3.8, 4) is 0 Å². The van der Waals surface area contributed by atoms with Gasteiger partial charge in [-0.25, -0.2) is 4.98 Å². The number of aromatic nitrogens is 2. The van der Waals surface area contributed by atoms with Crippen LogP contribution >= 0.6 is 0 Å². The third-order valence-electron chi connectivity index (χ3n) is 3.42. The van der Waals surface area contributed by atoms with Crippen molar-refractivity contribution in [1.82, 2.24) is 14.9 Å². The molecule has 0 unspecified atom stereocenters. The number of para-hydroxylation sites is 2. The number of rotatable bonds is 4. The third-order valence-corrected chi connectivity index (χ3v) is 3.42. The summed E-state index contributed by atoms with van der Waals surface area (Å²) in [6, 6.07) is 8.08. The molecule has 1 heterocycles. The monoisotopic (exact) mass is 243 g/mol. The van der Waals surface area contributed by atoms with E-state index in [2.05, 4.69) is 27.9 Å². The topological polar surface area (TPSA) is 46.9 Å². The second-order valence-electron chi connectivity index (χ2n) is 4.75. The molecule has 1 aromatic carbocycles. The van der Waals surface area contributed by atoms with Gasteiger partial charge in [0.25, 0.3) is 0 Å². The Morgan fingerprint density at radius 3 is 2.94 bits per heavy atom. The Labute approximate surface area is 106 Å². The van der Waals surface area contributed by atoms with Gasteiger partial charge in [0.2, 0.25) is 5.91 Å². The summed E-state index contributed by atoms with van der Waals surface area (Å²) < 4.78 is 2.16. The third kappa shape index (κ3) is 1.98. The van der Waals surface area contributed by atoms with E-state index < -0.39 is 0 Å². The molecular weight excluding hydrogens is 226 g/mol. The quantitative estimate of drug-likeness (QED) is 0.893. The van der Waals surface area contributed by atoms with Gasteiger partial charge in [0.1, 0.15) is 5.82 Å². The van der Waals surface area contributed by atoms with Crippen LogP contribution in [-0.4, -0.2) is 15.5 Å². The van der Waals surface area contributed by atoms with E-state index in [1.54, 1.807) is 0 Å². The number of amides is 1. The highest BCUT2D eigenvalue weighted by atomic mass is 16.2. The lowest BCUT2D eigenvalue weighted by atomic mass is 10.3. The van der Waals surface area contributed by atoms with Crippen LogP contribution in [0, 0.1) is 5.92 Å². The molecule has 4 nitrogen and oxygen atoms in total. The first-order chi connectivity index (χ1) is 8.79. The van der Waals surface area contributed by atoms with Crippen molar-refractivity contribution >= 4 is 16.9 Å². The summed E-state index contributed by atoms with van der Waals surface area (Å²) in [5, 5.41) is 2.97. The SMILES string of the molecule is CCn1c(CNC(=O)C2CC2)nc2ccccc21. The zero-order valence-corrected chi connectivity index (χ0v) is 10.5. The summed E-state index contributed by atoms with van der Waals surface area (Å²) in [6.45, 7) is 3.49. The first kappa shape index (κ1) is 11.3. The molecule has 1 amide bonds. The average molecular weight is 243 g/mol. The molecule has 3 rings (SSSR count). The van der Waals surface area contributed by atoms with Gasteiger partial charge in [-0.2, -0.15) is 0 Å². The van der Waals surface area contributed by atoms with Crippen LogP contribution in [0.2, 0.25) is 0 Å². The van der Waals surface area contributed by atoms with Crippen molar-refractivity contribution in [3.05, 3.63) is 30.1 Å². The van der Waals surface area contributed by atoms with Gasteiger partial charge in [0.05, 0.1) is 17.6 Å². The van der Waals surface area contributed by atoms with E-state index in [1.165, 1.54) is 0 Å². The molecule has 0 spiro atoms. The molecule has 0 atom stereocenters. The molecule has 1 saturated carbocycles. The molecule has 94 valence electrons. The maximum atomic E-state index is 11.6. The zero-order chi connectivity index (χ0) is 12.5. The molecule has 1 fully saturated rings. The van der Waals surface area contributed by atoms with Crippen molar-refractivity contribution in [1.29, 1.82) is 0 Å². The fraction of sp³-hybridized carbons (Fsp3) is 0.429. The molecule has 1 aliphatic carbocycles. The number of nitrogens with zero attached hydrogens (tertiary/aromatic N) is 2. The lowest BCUT2D eigenvalue weighted by Gasteiger charge is -2.07. The number of aryl methyl sites for hydroxylation is 1. The lowest BCUT2D eigenvalue weighted by Crippen LogP contribution is -2.25. The second kappa shape index (κ2) is 4.44. The van der Waals surface area contributed by atoms with Crippen LogP contribution < -0.4 is 5.32 Å². The molecule has 0 bridgehead atoms. The maximum absolute atomic E-state index is 11.6. The minimum Gasteiger partial charge on any atom is -0.349 e. The van der Waals surface area contributed by atoms with Gasteiger partial charge in [0.15, 0.2) is 0 Å². The number of nitrogens with one attached hydrogen (secondary N) is 1. The van der Waals surface area contributed by atoms with Crippen molar-refractivity contribution in [2.24, 2.45) is 5.92 Å². The summed E-state index contributed by atoms with van der Waals surface area (Å²) in [4.78, 5) is 16.2. The molecule has 2 aromatic rings. The summed E-state index contributed by atoms with van der Waals surface area (Å²) in [5.74, 6) is 1.36. The highest BCUT2D eigenvalue weighted by Gasteiger charge is 2.29. The van der Waals surface area contributed by atoms with Gasteiger partial charge in [-0.15, -0.1) is 0 Å². The number of benzene rings is 1. The Balaban J connectivity index is 1.83. The van der Waals surface area contributed by atoms with Crippen molar-refractivity contribution in [3.63, 3.8) is 0 Å². The van der Waals surface area contributed by atoms with Gasteiger partial charge >= 0.3 is 0 Å². The van der Waals surface area contributed by atoms with Gasteiger partial charge < -0.3 is 9.88 Å². The number of carbonyl (C=O) groups excluding carboxylic acids is 1. The molecule has 18 heavy (non-hydrogen) atoms. The van der Waals surface area contributed by atoms with Crippen molar-refractivity contribution < 1.29 is 4.79 Å². The number of hydrogen-bond acceptors (Lipinski definition) is 2. The van der Waals surface area contributed by atoms with Crippen molar-refractivity contribution in [2.45, 2.75) is 32.9 Å². The predicted octanol–water partition coefficient (Wildman–Crippen LogP) is 2.08. The molecule has 4 heteroatoms. The van der Waals surface area contributed by atoms with Crippen LogP contribution in [0.15, 0.2) is 24.3 Å². The molecule has 1 aliphatic rings. The summed E-state index contributed by atoms with van der Waals surface area (Å²) in [7, 11) is 0. The average Bonchev–Trinajstić information content (AvgIpc) is 3.17. The fourth-order valence-corrected chi connectivity index (χ4v) is 2.27. The van der Waals surface area contributed by atoms with E-state index in [1.807, 2.05) is 18.2 Å². The maximum Gasteiger partial charge on any atom is 0.223 e.